The lowest BCUT2D eigenvalue weighted by Gasteiger charge is -2.16. The number of hydrogen-bond donors (Lipinski definition) is 0. The minimum atomic E-state index is 0.0573. The Balaban J connectivity index is 2.55. The van der Waals surface area contributed by atoms with Gasteiger partial charge in [0, 0.05) is 32.9 Å². The molecule has 0 saturated heterocycles. The van der Waals surface area contributed by atoms with E-state index < -0.39 is 0 Å². The highest BCUT2D eigenvalue weighted by atomic mass is 16.2. The van der Waals surface area contributed by atoms with Gasteiger partial charge in [-0.1, -0.05) is 0 Å². The number of likely N-dealkylation sites (N-methyl/N-ethyl adjacent to an activating group) is 2. The van der Waals surface area contributed by atoms with Gasteiger partial charge in [0.25, 0.3) is 5.91 Å². The quantitative estimate of drug-likeness (QED) is 0.631. The molecule has 0 bridgehead atoms. The van der Waals surface area contributed by atoms with Crippen molar-refractivity contribution in [2.24, 2.45) is 0 Å². The SMILES string of the molecule is Cc1ccc2c(n1)N(C)CCN(C)C2=O. The van der Waals surface area contributed by atoms with Crippen LogP contribution in [0.5, 0.6) is 0 Å². The predicted octanol–water partition coefficient (Wildman–Crippen LogP) is 0.912. The molecular weight excluding hydrogens is 190 g/mol. The topological polar surface area (TPSA) is 36.4 Å². The summed E-state index contributed by atoms with van der Waals surface area (Å²) in [4.78, 5) is 20.1. The molecule has 1 amide bonds. The summed E-state index contributed by atoms with van der Waals surface area (Å²) in [6.07, 6.45) is 0. The molecule has 0 aromatic carbocycles. The second-order valence-electron chi connectivity index (χ2n) is 3.97. The van der Waals surface area contributed by atoms with Gasteiger partial charge in [-0.3, -0.25) is 4.79 Å². The number of pyridine rings is 1. The van der Waals surface area contributed by atoms with E-state index >= 15 is 0 Å². The minimum Gasteiger partial charge on any atom is -0.357 e. The van der Waals surface area contributed by atoms with Gasteiger partial charge in [0.1, 0.15) is 5.82 Å². The molecule has 0 aliphatic carbocycles. The molecule has 1 aromatic heterocycles. The first kappa shape index (κ1) is 9.96. The van der Waals surface area contributed by atoms with Crippen LogP contribution in [0.25, 0.3) is 0 Å². The number of carbonyl (C=O) groups excluding carboxylic acids is 1. The van der Waals surface area contributed by atoms with Crippen LogP contribution in [-0.2, 0) is 0 Å². The average molecular weight is 205 g/mol. The van der Waals surface area contributed by atoms with Crippen LogP contribution in [0.1, 0.15) is 16.1 Å². The number of nitrogens with zero attached hydrogens (tertiary/aromatic N) is 3. The van der Waals surface area contributed by atoms with Crippen molar-refractivity contribution in [2.45, 2.75) is 6.92 Å². The monoisotopic (exact) mass is 205 g/mol. The fourth-order valence-electron chi connectivity index (χ4n) is 1.71. The van der Waals surface area contributed by atoms with Crippen molar-refractivity contribution in [2.75, 3.05) is 32.1 Å². The summed E-state index contributed by atoms with van der Waals surface area (Å²) in [5, 5.41) is 0. The Morgan fingerprint density at radius 1 is 1.20 bits per heavy atom. The van der Waals surface area contributed by atoms with Crippen molar-refractivity contribution in [3.05, 3.63) is 23.4 Å². The summed E-state index contributed by atoms with van der Waals surface area (Å²) in [5.41, 5.74) is 1.64. The highest BCUT2D eigenvalue weighted by molar-refractivity contribution is 5.99. The Bertz CT molecular complexity index is 403. The summed E-state index contributed by atoms with van der Waals surface area (Å²) in [5.74, 6) is 0.853. The molecule has 2 rings (SSSR count). The Morgan fingerprint density at radius 2 is 1.87 bits per heavy atom. The van der Waals surface area contributed by atoms with E-state index in [-0.39, 0.29) is 5.91 Å². The molecule has 1 aliphatic heterocycles. The number of hydrogen-bond acceptors (Lipinski definition) is 3. The van der Waals surface area contributed by atoms with E-state index in [1.807, 2.05) is 38.1 Å². The largest absolute Gasteiger partial charge is 0.357 e. The fourth-order valence-corrected chi connectivity index (χ4v) is 1.71. The van der Waals surface area contributed by atoms with Crippen molar-refractivity contribution >= 4 is 11.7 Å². The maximum absolute atomic E-state index is 12.0. The van der Waals surface area contributed by atoms with Crippen molar-refractivity contribution < 1.29 is 4.79 Å². The molecule has 15 heavy (non-hydrogen) atoms. The Hall–Kier alpha value is -1.58. The zero-order chi connectivity index (χ0) is 11.0. The van der Waals surface area contributed by atoms with Gasteiger partial charge < -0.3 is 9.80 Å². The highest BCUT2D eigenvalue weighted by Crippen LogP contribution is 2.21. The minimum absolute atomic E-state index is 0.0573. The smallest absolute Gasteiger partial charge is 0.257 e. The van der Waals surface area contributed by atoms with Gasteiger partial charge in [0.15, 0.2) is 0 Å². The van der Waals surface area contributed by atoms with Crippen molar-refractivity contribution in [3.63, 3.8) is 0 Å². The molecule has 2 heterocycles. The molecule has 1 aliphatic rings. The Labute approximate surface area is 89.5 Å². The third-order valence-corrected chi connectivity index (χ3v) is 2.72. The molecule has 0 fully saturated rings. The molecule has 4 heteroatoms. The molecule has 0 unspecified atom stereocenters. The lowest BCUT2D eigenvalue weighted by atomic mass is 10.2. The molecule has 0 spiro atoms. The number of fused-ring (bicyclic) bond motifs is 1. The maximum atomic E-state index is 12.0. The molecular formula is C11H15N3O. The first-order valence-corrected chi connectivity index (χ1v) is 5.04. The Kier molecular flexibility index (Phi) is 2.34. The molecule has 1 aromatic rings. The van der Waals surface area contributed by atoms with Crippen LogP contribution in [0.3, 0.4) is 0 Å². The van der Waals surface area contributed by atoms with Crippen LogP contribution >= 0.6 is 0 Å². The summed E-state index contributed by atoms with van der Waals surface area (Å²) < 4.78 is 0. The van der Waals surface area contributed by atoms with Crippen LogP contribution < -0.4 is 4.90 Å². The summed E-state index contributed by atoms with van der Waals surface area (Å²) in [7, 11) is 3.79. The third-order valence-electron chi connectivity index (χ3n) is 2.72. The number of aryl methyl sites for hydroxylation is 1. The van der Waals surface area contributed by atoms with Gasteiger partial charge in [-0.15, -0.1) is 0 Å². The van der Waals surface area contributed by atoms with Crippen molar-refractivity contribution in [1.29, 1.82) is 0 Å². The van der Waals surface area contributed by atoms with E-state index in [1.165, 1.54) is 0 Å². The zero-order valence-corrected chi connectivity index (χ0v) is 9.32. The fraction of sp³-hybridized carbons (Fsp3) is 0.455. The highest BCUT2D eigenvalue weighted by Gasteiger charge is 2.23. The van der Waals surface area contributed by atoms with Gasteiger partial charge in [-0.25, -0.2) is 4.98 Å². The van der Waals surface area contributed by atoms with Crippen LogP contribution in [0.2, 0.25) is 0 Å². The van der Waals surface area contributed by atoms with Crippen molar-refractivity contribution in [3.8, 4) is 0 Å². The molecule has 0 radical (unpaired) electrons. The standard InChI is InChI=1S/C11H15N3O/c1-8-4-5-9-10(12-8)13(2)6-7-14(3)11(9)15/h4-5H,6-7H2,1-3H3. The number of rotatable bonds is 0. The molecule has 0 saturated carbocycles. The van der Waals surface area contributed by atoms with Gasteiger partial charge in [-0.2, -0.15) is 0 Å². The van der Waals surface area contributed by atoms with Crippen LogP contribution in [0.15, 0.2) is 12.1 Å². The zero-order valence-electron chi connectivity index (χ0n) is 9.32. The maximum Gasteiger partial charge on any atom is 0.257 e. The number of carbonyl (C=O) groups is 1. The summed E-state index contributed by atoms with van der Waals surface area (Å²) in [6.45, 7) is 3.50. The lowest BCUT2D eigenvalue weighted by Crippen LogP contribution is -2.30. The van der Waals surface area contributed by atoms with E-state index in [4.69, 9.17) is 0 Å². The van der Waals surface area contributed by atoms with Gasteiger partial charge >= 0.3 is 0 Å². The van der Waals surface area contributed by atoms with Gasteiger partial charge in [0.05, 0.1) is 5.56 Å². The number of anilines is 1. The van der Waals surface area contributed by atoms with E-state index in [1.54, 1.807) is 4.90 Å². The van der Waals surface area contributed by atoms with Gasteiger partial charge in [0.2, 0.25) is 0 Å². The van der Waals surface area contributed by atoms with E-state index in [2.05, 4.69) is 4.98 Å². The average Bonchev–Trinajstić information content (AvgIpc) is 2.32. The molecule has 80 valence electrons. The first-order valence-electron chi connectivity index (χ1n) is 5.04. The van der Waals surface area contributed by atoms with E-state index in [0.29, 0.717) is 5.56 Å². The van der Waals surface area contributed by atoms with Gasteiger partial charge in [-0.05, 0) is 19.1 Å². The first-order chi connectivity index (χ1) is 7.09. The van der Waals surface area contributed by atoms with Crippen molar-refractivity contribution in [1.82, 2.24) is 9.88 Å². The Morgan fingerprint density at radius 3 is 2.60 bits per heavy atom. The van der Waals surface area contributed by atoms with E-state index in [9.17, 15) is 4.79 Å². The number of aromatic nitrogens is 1. The second kappa shape index (κ2) is 3.53. The molecule has 0 N–H and O–H groups in total. The van der Waals surface area contributed by atoms with Crippen LogP contribution in [0.4, 0.5) is 5.82 Å². The molecule has 4 nitrogen and oxygen atoms in total. The second-order valence-corrected chi connectivity index (χ2v) is 3.97. The number of amides is 1. The third kappa shape index (κ3) is 1.67. The summed E-state index contributed by atoms with van der Waals surface area (Å²) >= 11 is 0. The lowest BCUT2D eigenvalue weighted by molar-refractivity contribution is 0.0804. The summed E-state index contributed by atoms with van der Waals surface area (Å²) in [6, 6.07) is 3.74. The van der Waals surface area contributed by atoms with E-state index in [0.717, 1.165) is 24.6 Å². The van der Waals surface area contributed by atoms with Crippen LogP contribution in [0, 0.1) is 6.92 Å². The molecule has 0 atom stereocenters. The predicted molar refractivity (Wildman–Crippen MR) is 59.2 cm³/mol. The normalized spacial score (nSPS) is 16.3. The van der Waals surface area contributed by atoms with Crippen LogP contribution in [-0.4, -0.2) is 43.0 Å².